The van der Waals surface area contributed by atoms with Gasteiger partial charge < -0.3 is 14.6 Å². The third kappa shape index (κ3) is 2.99. The second-order valence-corrected chi connectivity index (χ2v) is 3.28. The van der Waals surface area contributed by atoms with Crippen LogP contribution in [0.15, 0.2) is 0 Å². The third-order valence-electron chi connectivity index (χ3n) is 2.28. The summed E-state index contributed by atoms with van der Waals surface area (Å²) in [6.07, 6.45) is 1.24. The average molecular weight is 202 g/mol. The van der Waals surface area contributed by atoms with Crippen molar-refractivity contribution in [3.63, 3.8) is 0 Å². The van der Waals surface area contributed by atoms with Crippen LogP contribution in [-0.2, 0) is 19.1 Å². The van der Waals surface area contributed by atoms with Gasteiger partial charge in [0, 0.05) is 6.42 Å². The van der Waals surface area contributed by atoms with Crippen LogP contribution in [0.5, 0.6) is 0 Å². The van der Waals surface area contributed by atoms with Gasteiger partial charge in [-0.2, -0.15) is 0 Å². The summed E-state index contributed by atoms with van der Waals surface area (Å²) in [4.78, 5) is 21.3. The van der Waals surface area contributed by atoms with Gasteiger partial charge in [-0.05, 0) is 19.3 Å². The first kappa shape index (κ1) is 11.0. The van der Waals surface area contributed by atoms with E-state index in [1.165, 1.54) is 7.11 Å². The molecule has 0 aromatic rings. The summed E-state index contributed by atoms with van der Waals surface area (Å²) in [5.41, 5.74) is 0. The minimum atomic E-state index is -0.925. The zero-order chi connectivity index (χ0) is 10.6. The molecule has 1 aliphatic rings. The van der Waals surface area contributed by atoms with Crippen LogP contribution in [-0.4, -0.2) is 36.4 Å². The van der Waals surface area contributed by atoms with Gasteiger partial charge >= 0.3 is 11.9 Å². The highest BCUT2D eigenvalue weighted by molar-refractivity contribution is 5.72. The first-order valence-electron chi connectivity index (χ1n) is 4.58. The van der Waals surface area contributed by atoms with E-state index in [4.69, 9.17) is 9.84 Å². The molecule has 0 radical (unpaired) electrons. The molecule has 1 N–H and O–H groups in total. The molecular formula is C9H14O5. The van der Waals surface area contributed by atoms with Crippen LogP contribution >= 0.6 is 0 Å². The van der Waals surface area contributed by atoms with Gasteiger partial charge in [0.2, 0.25) is 0 Å². The molecule has 0 aromatic carbocycles. The molecule has 0 amide bonds. The second-order valence-electron chi connectivity index (χ2n) is 3.28. The quantitative estimate of drug-likeness (QED) is 0.675. The Morgan fingerprint density at radius 3 is 2.71 bits per heavy atom. The SMILES string of the molecule is COC(=O)CCC1CCC(C(=O)O)O1. The molecule has 1 aliphatic heterocycles. The van der Waals surface area contributed by atoms with Gasteiger partial charge in [0.15, 0.2) is 6.10 Å². The Labute approximate surface area is 82.0 Å². The topological polar surface area (TPSA) is 72.8 Å². The lowest BCUT2D eigenvalue weighted by Crippen LogP contribution is -2.20. The molecule has 0 bridgehead atoms. The predicted molar refractivity (Wildman–Crippen MR) is 46.8 cm³/mol. The molecule has 80 valence electrons. The molecule has 1 saturated heterocycles. The fraction of sp³-hybridized carbons (Fsp3) is 0.778. The second kappa shape index (κ2) is 4.95. The number of carbonyl (C=O) groups is 2. The Kier molecular flexibility index (Phi) is 3.88. The van der Waals surface area contributed by atoms with Gasteiger partial charge in [-0.3, -0.25) is 4.79 Å². The maximum absolute atomic E-state index is 10.8. The first-order chi connectivity index (χ1) is 6.63. The van der Waals surface area contributed by atoms with Crippen LogP contribution < -0.4 is 0 Å². The first-order valence-corrected chi connectivity index (χ1v) is 4.58. The van der Waals surface area contributed by atoms with Gasteiger partial charge in [-0.1, -0.05) is 0 Å². The zero-order valence-electron chi connectivity index (χ0n) is 8.06. The predicted octanol–water partition coefficient (Wildman–Crippen LogP) is 0.572. The number of esters is 1. The number of carboxylic acid groups (broad SMARTS) is 1. The van der Waals surface area contributed by atoms with E-state index in [1.807, 2.05) is 0 Å². The summed E-state index contributed by atoms with van der Waals surface area (Å²) < 4.78 is 9.68. The molecule has 1 fully saturated rings. The molecule has 14 heavy (non-hydrogen) atoms. The Hall–Kier alpha value is -1.10. The molecule has 5 heteroatoms. The van der Waals surface area contributed by atoms with Crippen molar-refractivity contribution in [3.8, 4) is 0 Å². The Bertz CT molecular complexity index is 225. The Morgan fingerprint density at radius 1 is 1.50 bits per heavy atom. The van der Waals surface area contributed by atoms with Gasteiger partial charge in [0.1, 0.15) is 0 Å². The highest BCUT2D eigenvalue weighted by Crippen LogP contribution is 2.23. The highest BCUT2D eigenvalue weighted by atomic mass is 16.5. The van der Waals surface area contributed by atoms with Crippen LogP contribution in [0.3, 0.4) is 0 Å². The van der Waals surface area contributed by atoms with Gasteiger partial charge in [0.25, 0.3) is 0 Å². The van der Waals surface area contributed by atoms with Crippen LogP contribution in [0.4, 0.5) is 0 Å². The molecule has 2 atom stereocenters. The van der Waals surface area contributed by atoms with E-state index in [0.29, 0.717) is 19.3 Å². The van der Waals surface area contributed by atoms with E-state index < -0.39 is 12.1 Å². The molecule has 5 nitrogen and oxygen atoms in total. The third-order valence-corrected chi connectivity index (χ3v) is 2.28. The molecule has 0 spiro atoms. The largest absolute Gasteiger partial charge is 0.479 e. The highest BCUT2D eigenvalue weighted by Gasteiger charge is 2.30. The average Bonchev–Trinajstić information content (AvgIpc) is 2.62. The zero-order valence-corrected chi connectivity index (χ0v) is 8.06. The number of aliphatic carboxylic acids is 1. The van der Waals surface area contributed by atoms with Crippen LogP contribution in [0.25, 0.3) is 0 Å². The molecule has 1 heterocycles. The smallest absolute Gasteiger partial charge is 0.332 e. The number of rotatable bonds is 4. The summed E-state index contributed by atoms with van der Waals surface area (Å²) in [7, 11) is 1.33. The summed E-state index contributed by atoms with van der Waals surface area (Å²) in [5.74, 6) is -1.21. The monoisotopic (exact) mass is 202 g/mol. The number of carboxylic acids is 1. The molecule has 0 aliphatic carbocycles. The van der Waals surface area contributed by atoms with E-state index >= 15 is 0 Å². The van der Waals surface area contributed by atoms with Crippen LogP contribution in [0.2, 0.25) is 0 Å². The van der Waals surface area contributed by atoms with E-state index in [0.717, 1.165) is 0 Å². The lowest BCUT2D eigenvalue weighted by atomic mass is 10.1. The van der Waals surface area contributed by atoms with Gasteiger partial charge in [-0.15, -0.1) is 0 Å². The number of hydrogen-bond donors (Lipinski definition) is 1. The fourth-order valence-electron chi connectivity index (χ4n) is 1.48. The molecule has 2 unspecified atom stereocenters. The van der Waals surface area contributed by atoms with Crippen molar-refractivity contribution in [2.24, 2.45) is 0 Å². The lowest BCUT2D eigenvalue weighted by molar-refractivity contribution is -0.149. The summed E-state index contributed by atoms with van der Waals surface area (Å²) in [6.45, 7) is 0. The summed E-state index contributed by atoms with van der Waals surface area (Å²) in [5, 5.41) is 8.64. The summed E-state index contributed by atoms with van der Waals surface area (Å²) in [6, 6.07) is 0. The number of ether oxygens (including phenoxy) is 2. The van der Waals surface area contributed by atoms with Crippen molar-refractivity contribution in [3.05, 3.63) is 0 Å². The minimum absolute atomic E-state index is 0.116. The number of methoxy groups -OCH3 is 1. The number of carbonyl (C=O) groups excluding carboxylic acids is 1. The van der Waals surface area contributed by atoms with E-state index in [-0.39, 0.29) is 18.5 Å². The maximum atomic E-state index is 10.8. The normalized spacial score (nSPS) is 26.1. The van der Waals surface area contributed by atoms with Crippen molar-refractivity contribution >= 4 is 11.9 Å². The fourth-order valence-corrected chi connectivity index (χ4v) is 1.48. The van der Waals surface area contributed by atoms with Crippen molar-refractivity contribution in [1.29, 1.82) is 0 Å². The molecular weight excluding hydrogens is 188 g/mol. The van der Waals surface area contributed by atoms with Gasteiger partial charge in [-0.25, -0.2) is 4.79 Å². The Morgan fingerprint density at radius 2 is 2.21 bits per heavy atom. The number of hydrogen-bond acceptors (Lipinski definition) is 4. The van der Waals surface area contributed by atoms with E-state index in [9.17, 15) is 9.59 Å². The standard InChI is InChI=1S/C9H14O5/c1-13-8(10)5-3-6-2-4-7(14-6)9(11)12/h6-7H,2-5H2,1H3,(H,11,12). The molecule has 0 saturated carbocycles. The van der Waals surface area contributed by atoms with Crippen molar-refractivity contribution < 1.29 is 24.2 Å². The maximum Gasteiger partial charge on any atom is 0.332 e. The Balaban J connectivity index is 2.22. The lowest BCUT2D eigenvalue weighted by Gasteiger charge is -2.09. The minimum Gasteiger partial charge on any atom is -0.479 e. The molecule has 0 aromatic heterocycles. The van der Waals surface area contributed by atoms with Crippen LogP contribution in [0, 0.1) is 0 Å². The van der Waals surface area contributed by atoms with Crippen molar-refractivity contribution in [1.82, 2.24) is 0 Å². The van der Waals surface area contributed by atoms with Crippen molar-refractivity contribution in [2.75, 3.05) is 7.11 Å². The van der Waals surface area contributed by atoms with Gasteiger partial charge in [0.05, 0.1) is 13.2 Å². The van der Waals surface area contributed by atoms with Crippen LogP contribution in [0.1, 0.15) is 25.7 Å². The van der Waals surface area contributed by atoms with E-state index in [1.54, 1.807) is 0 Å². The molecule has 1 rings (SSSR count). The van der Waals surface area contributed by atoms with Crippen molar-refractivity contribution in [2.45, 2.75) is 37.9 Å². The summed E-state index contributed by atoms with van der Waals surface area (Å²) >= 11 is 0. The van der Waals surface area contributed by atoms with E-state index in [2.05, 4.69) is 4.74 Å².